The predicted molar refractivity (Wildman–Crippen MR) is 207 cm³/mol. The van der Waals surface area contributed by atoms with Gasteiger partial charge in [-0.1, -0.05) is 74.5 Å². The van der Waals surface area contributed by atoms with E-state index in [4.69, 9.17) is 27.2 Å². The van der Waals surface area contributed by atoms with E-state index < -0.39 is 60.5 Å². The summed E-state index contributed by atoms with van der Waals surface area (Å²) in [5.41, 5.74) is 18.8. The standard InChI is InChI=1S/C38H59BN8O7/c1-26(2)23-31(46-35(50)32(25-28-13-7-4-8-14-28)45-33(48)29(41)24-27-11-5-3-6-12-27)34(49)44-30(15-9-10-19-40)36(51)47-21-16-38(42,17-22-47)37(52)43-20-18-39(53)54/h3-8,11-14,26,29-32,53-54H,9-10,15-25,40-42H2,1-2H3,(H,43,52)(H,44,49)(H,45,48)(H,46,50)/t29-,30-,31-,32-/m1/s1. The zero-order chi connectivity index (χ0) is 39.7. The highest BCUT2D eigenvalue weighted by molar-refractivity contribution is 6.41. The lowest BCUT2D eigenvalue weighted by molar-refractivity contribution is -0.140. The number of piperidine rings is 1. The third-order valence-corrected chi connectivity index (χ3v) is 9.56. The molecular formula is C38H59BN8O7. The minimum atomic E-state index is -1.55. The number of likely N-dealkylation sites (tertiary alicyclic amines) is 1. The highest BCUT2D eigenvalue weighted by Crippen LogP contribution is 2.22. The SMILES string of the molecule is CC(C)C[C@@H](NC(=O)[C@@H](Cc1ccccc1)NC(=O)[C@H](N)Cc1ccccc1)C(=O)N[C@H](CCCCN)C(=O)N1CCC(N)(C(=O)NCCB(O)O)CC1. The third kappa shape index (κ3) is 14.5. The van der Waals surface area contributed by atoms with Crippen LogP contribution in [0.4, 0.5) is 0 Å². The van der Waals surface area contributed by atoms with Gasteiger partial charge in [0.25, 0.3) is 0 Å². The van der Waals surface area contributed by atoms with Crippen molar-refractivity contribution in [3.05, 3.63) is 71.8 Å². The van der Waals surface area contributed by atoms with Gasteiger partial charge in [-0.05, 0) is 74.9 Å². The van der Waals surface area contributed by atoms with E-state index in [0.717, 1.165) is 11.1 Å². The predicted octanol–water partition coefficient (Wildman–Crippen LogP) is -0.662. The van der Waals surface area contributed by atoms with Crippen LogP contribution in [0.3, 0.4) is 0 Å². The van der Waals surface area contributed by atoms with Crippen LogP contribution in [-0.4, -0.2) is 107 Å². The molecule has 16 heteroatoms. The fraction of sp³-hybridized carbons (Fsp3) is 0.553. The van der Waals surface area contributed by atoms with Crippen LogP contribution in [0.15, 0.2) is 60.7 Å². The van der Waals surface area contributed by atoms with E-state index >= 15 is 0 Å². The number of carbonyl (C=O) groups is 5. The van der Waals surface area contributed by atoms with Gasteiger partial charge in [-0.2, -0.15) is 0 Å². The summed E-state index contributed by atoms with van der Waals surface area (Å²) in [6.45, 7) is 4.63. The number of amides is 5. The van der Waals surface area contributed by atoms with E-state index in [0.29, 0.717) is 25.8 Å². The average Bonchev–Trinajstić information content (AvgIpc) is 3.14. The van der Waals surface area contributed by atoms with Gasteiger partial charge in [0.2, 0.25) is 29.5 Å². The number of nitrogens with one attached hydrogen (secondary N) is 4. The van der Waals surface area contributed by atoms with Gasteiger partial charge in [0, 0.05) is 26.1 Å². The molecule has 2 aromatic carbocycles. The summed E-state index contributed by atoms with van der Waals surface area (Å²) >= 11 is 0. The van der Waals surface area contributed by atoms with E-state index in [1.807, 2.05) is 74.5 Å². The maximum atomic E-state index is 14.0. The molecule has 0 unspecified atom stereocenters. The van der Waals surface area contributed by atoms with Crippen LogP contribution < -0.4 is 38.5 Å². The summed E-state index contributed by atoms with van der Waals surface area (Å²) in [5, 5.41) is 29.3. The molecule has 1 fully saturated rings. The molecule has 0 radical (unpaired) electrons. The van der Waals surface area contributed by atoms with Gasteiger partial charge in [0.05, 0.1) is 11.6 Å². The quantitative estimate of drug-likeness (QED) is 0.0575. The summed E-state index contributed by atoms with van der Waals surface area (Å²) in [7, 11) is -1.55. The molecule has 1 heterocycles. The van der Waals surface area contributed by atoms with Gasteiger partial charge in [0.15, 0.2) is 0 Å². The molecule has 0 bridgehead atoms. The highest BCUT2D eigenvalue weighted by Gasteiger charge is 2.40. The molecule has 5 amide bonds. The van der Waals surface area contributed by atoms with Gasteiger partial charge in [-0.15, -0.1) is 0 Å². The van der Waals surface area contributed by atoms with Crippen LogP contribution in [0.25, 0.3) is 0 Å². The Hall–Kier alpha value is -4.35. The van der Waals surface area contributed by atoms with Gasteiger partial charge >= 0.3 is 7.12 Å². The van der Waals surface area contributed by atoms with Crippen LogP contribution in [0.2, 0.25) is 6.32 Å². The normalized spacial score (nSPS) is 16.0. The molecule has 0 aliphatic carbocycles. The Kier molecular flexibility index (Phi) is 18.1. The maximum absolute atomic E-state index is 14.0. The van der Waals surface area contributed by atoms with Crippen LogP contribution >= 0.6 is 0 Å². The third-order valence-electron chi connectivity index (χ3n) is 9.56. The zero-order valence-electron chi connectivity index (χ0n) is 31.5. The molecule has 1 aliphatic heterocycles. The van der Waals surface area contributed by atoms with Crippen molar-refractivity contribution in [1.82, 2.24) is 26.2 Å². The molecule has 0 saturated carbocycles. The van der Waals surface area contributed by atoms with Crippen molar-refractivity contribution in [2.45, 2.75) is 101 Å². The Morgan fingerprint density at radius 1 is 0.796 bits per heavy atom. The molecule has 1 aliphatic rings. The number of rotatable bonds is 21. The van der Waals surface area contributed by atoms with E-state index in [-0.39, 0.29) is 69.9 Å². The van der Waals surface area contributed by atoms with Crippen molar-refractivity contribution in [3.63, 3.8) is 0 Å². The maximum Gasteiger partial charge on any atom is 0.453 e. The average molecular weight is 751 g/mol. The van der Waals surface area contributed by atoms with Crippen molar-refractivity contribution >= 4 is 36.7 Å². The van der Waals surface area contributed by atoms with Gasteiger partial charge in [0.1, 0.15) is 18.1 Å². The van der Waals surface area contributed by atoms with E-state index in [2.05, 4.69) is 21.3 Å². The minimum absolute atomic E-state index is 0.0135. The summed E-state index contributed by atoms with van der Waals surface area (Å²) in [5.74, 6) is -2.38. The second-order valence-electron chi connectivity index (χ2n) is 14.6. The molecule has 2 aromatic rings. The van der Waals surface area contributed by atoms with Crippen molar-refractivity contribution in [3.8, 4) is 0 Å². The number of nitrogens with zero attached hydrogens (tertiary/aromatic N) is 1. The molecule has 296 valence electrons. The smallest absolute Gasteiger partial charge is 0.427 e. The van der Waals surface area contributed by atoms with Crippen LogP contribution in [0, 0.1) is 5.92 Å². The summed E-state index contributed by atoms with van der Waals surface area (Å²) in [6.07, 6.45) is 2.51. The zero-order valence-corrected chi connectivity index (χ0v) is 31.5. The number of unbranched alkanes of at least 4 members (excludes halogenated alkanes) is 1. The number of benzene rings is 2. The van der Waals surface area contributed by atoms with Crippen molar-refractivity contribution < 1.29 is 34.0 Å². The molecule has 3 rings (SSSR count). The van der Waals surface area contributed by atoms with E-state index in [9.17, 15) is 24.0 Å². The first-order chi connectivity index (χ1) is 25.7. The van der Waals surface area contributed by atoms with Crippen LogP contribution in [-0.2, 0) is 36.8 Å². The second kappa shape index (κ2) is 22.1. The fourth-order valence-electron chi connectivity index (χ4n) is 6.36. The second-order valence-corrected chi connectivity index (χ2v) is 14.6. The number of carbonyl (C=O) groups excluding carboxylic acids is 5. The van der Waals surface area contributed by atoms with Gasteiger partial charge < -0.3 is 53.4 Å². The van der Waals surface area contributed by atoms with Crippen molar-refractivity contribution in [1.29, 1.82) is 0 Å². The summed E-state index contributed by atoms with van der Waals surface area (Å²) in [4.78, 5) is 69.4. The Balaban J connectivity index is 1.73. The number of hydrogen-bond donors (Lipinski definition) is 9. The lowest BCUT2D eigenvalue weighted by Gasteiger charge is -2.39. The van der Waals surface area contributed by atoms with Crippen molar-refractivity contribution in [2.24, 2.45) is 23.1 Å². The van der Waals surface area contributed by atoms with E-state index in [1.54, 1.807) is 4.90 Å². The molecule has 54 heavy (non-hydrogen) atoms. The van der Waals surface area contributed by atoms with Crippen LogP contribution in [0.1, 0.15) is 63.5 Å². The largest absolute Gasteiger partial charge is 0.453 e. The Morgan fingerprint density at radius 3 is 1.89 bits per heavy atom. The van der Waals surface area contributed by atoms with Crippen molar-refractivity contribution in [2.75, 3.05) is 26.2 Å². The molecule has 0 spiro atoms. The summed E-state index contributed by atoms with van der Waals surface area (Å²) in [6, 6.07) is 14.6. The fourth-order valence-corrected chi connectivity index (χ4v) is 6.36. The van der Waals surface area contributed by atoms with Gasteiger partial charge in [-0.25, -0.2) is 0 Å². The number of hydrogen-bond acceptors (Lipinski definition) is 10. The molecule has 4 atom stereocenters. The highest BCUT2D eigenvalue weighted by atomic mass is 16.4. The molecule has 15 nitrogen and oxygen atoms in total. The number of nitrogens with two attached hydrogens (primary N) is 3. The first kappa shape index (κ1) is 44.1. The van der Waals surface area contributed by atoms with Gasteiger partial charge in [-0.3, -0.25) is 24.0 Å². The van der Waals surface area contributed by atoms with Crippen LogP contribution in [0.5, 0.6) is 0 Å². The van der Waals surface area contributed by atoms with E-state index in [1.165, 1.54) is 0 Å². The topological polar surface area (TPSA) is 255 Å². The first-order valence-electron chi connectivity index (χ1n) is 18.9. The lowest BCUT2D eigenvalue weighted by atomic mass is 9.85. The Bertz CT molecular complexity index is 1490. The lowest BCUT2D eigenvalue weighted by Crippen LogP contribution is -2.62. The first-order valence-corrected chi connectivity index (χ1v) is 18.9. The molecular weight excluding hydrogens is 691 g/mol. The minimum Gasteiger partial charge on any atom is -0.427 e. The Labute approximate surface area is 318 Å². The molecule has 0 aromatic heterocycles. The monoisotopic (exact) mass is 750 g/mol. The summed E-state index contributed by atoms with van der Waals surface area (Å²) < 4.78 is 0. The Morgan fingerprint density at radius 2 is 1.33 bits per heavy atom. The molecule has 12 N–H and O–H groups in total. The molecule has 1 saturated heterocycles.